The highest BCUT2D eigenvalue weighted by molar-refractivity contribution is 7.91. The van der Waals surface area contributed by atoms with Crippen LogP contribution in [0.3, 0.4) is 0 Å². The molecule has 204 valence electrons. The van der Waals surface area contributed by atoms with Gasteiger partial charge in [-0.2, -0.15) is 4.31 Å². The van der Waals surface area contributed by atoms with Crippen molar-refractivity contribution in [2.75, 3.05) is 57.3 Å². The zero-order chi connectivity index (χ0) is 26.3. The maximum Gasteiger partial charge on any atom is 0.254 e. The van der Waals surface area contributed by atoms with Crippen molar-refractivity contribution in [3.8, 4) is 0 Å². The molecule has 0 bridgehead atoms. The number of benzene rings is 1. The Morgan fingerprint density at radius 1 is 1.08 bits per heavy atom. The van der Waals surface area contributed by atoms with E-state index in [0.29, 0.717) is 43.0 Å². The van der Waals surface area contributed by atoms with Gasteiger partial charge in [0.25, 0.3) is 10.0 Å². The first-order valence-corrected chi connectivity index (χ1v) is 15.5. The van der Waals surface area contributed by atoms with E-state index in [9.17, 15) is 12.8 Å². The molecular formula is C25H33FN8O2S2. The van der Waals surface area contributed by atoms with Crippen molar-refractivity contribution in [1.29, 1.82) is 0 Å². The molecule has 10 nitrogen and oxygen atoms in total. The van der Waals surface area contributed by atoms with Crippen LogP contribution >= 0.6 is 11.3 Å². The van der Waals surface area contributed by atoms with Gasteiger partial charge in [-0.1, -0.05) is 23.5 Å². The fourth-order valence-corrected chi connectivity index (χ4v) is 8.47. The van der Waals surface area contributed by atoms with Gasteiger partial charge in [0.1, 0.15) is 18.0 Å². The summed E-state index contributed by atoms with van der Waals surface area (Å²) in [6.07, 6.45) is 5.67. The van der Waals surface area contributed by atoms with E-state index in [4.69, 9.17) is 0 Å². The number of piperazine rings is 2. The number of halogens is 1. The van der Waals surface area contributed by atoms with Gasteiger partial charge in [0.2, 0.25) is 0 Å². The van der Waals surface area contributed by atoms with Crippen molar-refractivity contribution in [3.63, 3.8) is 0 Å². The number of rotatable bonds is 7. The van der Waals surface area contributed by atoms with Crippen molar-refractivity contribution in [1.82, 2.24) is 33.9 Å². The summed E-state index contributed by atoms with van der Waals surface area (Å²) in [6, 6.07) is 6.97. The average Bonchev–Trinajstić information content (AvgIpc) is 3.70. The summed E-state index contributed by atoms with van der Waals surface area (Å²) in [4.78, 5) is 11.5. The molecule has 0 saturated carbocycles. The Labute approximate surface area is 226 Å². The molecule has 3 aliphatic heterocycles. The fourth-order valence-electron chi connectivity index (χ4n) is 5.74. The lowest BCUT2D eigenvalue weighted by Crippen LogP contribution is -2.50. The molecule has 0 spiro atoms. The zero-order valence-electron chi connectivity index (χ0n) is 21.5. The highest BCUT2D eigenvalue weighted by atomic mass is 32.2. The van der Waals surface area contributed by atoms with Crippen molar-refractivity contribution >= 4 is 26.5 Å². The normalized spacial score (nSPS) is 22.6. The summed E-state index contributed by atoms with van der Waals surface area (Å²) < 4.78 is 44.0. The van der Waals surface area contributed by atoms with Gasteiger partial charge in [0.15, 0.2) is 9.34 Å². The van der Waals surface area contributed by atoms with Crippen LogP contribution < -0.4 is 4.90 Å². The first-order valence-electron chi connectivity index (χ1n) is 13.2. The molecule has 3 fully saturated rings. The van der Waals surface area contributed by atoms with E-state index in [2.05, 4.69) is 29.9 Å². The number of sulfonamides is 1. The SMILES string of the molecule is CC(c1ccc(F)cc1)n1cnnc1CN1CCN(S(=O)(=O)c2cnc(N3CCN4CCCC4C3)s2)CC1. The molecule has 1 aromatic carbocycles. The molecule has 2 aromatic heterocycles. The van der Waals surface area contributed by atoms with Gasteiger partial charge in [-0.05, 0) is 44.0 Å². The summed E-state index contributed by atoms with van der Waals surface area (Å²) in [7, 11) is -3.58. The number of nitrogens with zero attached hydrogens (tertiary/aromatic N) is 8. The summed E-state index contributed by atoms with van der Waals surface area (Å²) in [5.41, 5.74) is 0.970. The summed E-state index contributed by atoms with van der Waals surface area (Å²) in [6.45, 7) is 8.65. The van der Waals surface area contributed by atoms with Gasteiger partial charge in [-0.15, -0.1) is 10.2 Å². The maximum absolute atomic E-state index is 13.4. The van der Waals surface area contributed by atoms with Crippen LogP contribution in [0, 0.1) is 5.82 Å². The van der Waals surface area contributed by atoms with E-state index in [-0.39, 0.29) is 11.9 Å². The second kappa shape index (κ2) is 10.6. The van der Waals surface area contributed by atoms with Crippen molar-refractivity contribution in [3.05, 3.63) is 54.0 Å². The number of anilines is 1. The molecule has 0 radical (unpaired) electrons. The van der Waals surface area contributed by atoms with Gasteiger partial charge < -0.3 is 9.47 Å². The molecule has 2 atom stereocenters. The molecule has 0 aliphatic carbocycles. The topological polar surface area (TPSA) is 90.7 Å². The van der Waals surface area contributed by atoms with Gasteiger partial charge in [0.05, 0.1) is 18.8 Å². The van der Waals surface area contributed by atoms with E-state index in [1.165, 1.54) is 49.1 Å². The lowest BCUT2D eigenvalue weighted by Gasteiger charge is -2.37. The molecular weight excluding hydrogens is 527 g/mol. The molecule has 0 N–H and O–H groups in total. The van der Waals surface area contributed by atoms with E-state index in [1.54, 1.807) is 22.8 Å². The van der Waals surface area contributed by atoms with Crippen LogP contribution in [0.25, 0.3) is 0 Å². The maximum atomic E-state index is 13.4. The quantitative estimate of drug-likeness (QED) is 0.435. The second-order valence-electron chi connectivity index (χ2n) is 10.3. The third-order valence-electron chi connectivity index (χ3n) is 8.04. The van der Waals surface area contributed by atoms with Crippen LogP contribution in [-0.2, 0) is 16.6 Å². The van der Waals surface area contributed by atoms with Gasteiger partial charge >= 0.3 is 0 Å². The average molecular weight is 561 g/mol. The minimum atomic E-state index is -3.58. The van der Waals surface area contributed by atoms with E-state index >= 15 is 0 Å². The summed E-state index contributed by atoms with van der Waals surface area (Å²) in [5.74, 6) is 0.534. The van der Waals surface area contributed by atoms with E-state index < -0.39 is 10.0 Å². The number of hydrogen-bond acceptors (Lipinski definition) is 9. The van der Waals surface area contributed by atoms with Gasteiger partial charge in [-0.25, -0.2) is 17.8 Å². The molecule has 6 rings (SSSR count). The largest absolute Gasteiger partial charge is 0.345 e. The zero-order valence-corrected chi connectivity index (χ0v) is 23.1. The van der Waals surface area contributed by atoms with Crippen LogP contribution in [0.4, 0.5) is 9.52 Å². The molecule has 3 aromatic rings. The molecule has 3 saturated heterocycles. The fraction of sp³-hybridized carbons (Fsp3) is 0.560. The summed E-state index contributed by atoms with van der Waals surface area (Å²) >= 11 is 1.29. The summed E-state index contributed by atoms with van der Waals surface area (Å²) in [5, 5.41) is 9.21. The Morgan fingerprint density at radius 2 is 1.87 bits per heavy atom. The Hall–Kier alpha value is -2.45. The highest BCUT2D eigenvalue weighted by Gasteiger charge is 2.34. The minimum absolute atomic E-state index is 0.0422. The van der Waals surface area contributed by atoms with E-state index in [0.717, 1.165) is 36.2 Å². The minimum Gasteiger partial charge on any atom is -0.345 e. The van der Waals surface area contributed by atoms with Crippen LogP contribution in [0.1, 0.15) is 37.2 Å². The van der Waals surface area contributed by atoms with Crippen LogP contribution in [-0.4, -0.2) is 101 Å². The van der Waals surface area contributed by atoms with E-state index in [1.807, 2.05) is 11.5 Å². The molecule has 13 heteroatoms. The predicted molar refractivity (Wildman–Crippen MR) is 143 cm³/mol. The second-order valence-corrected chi connectivity index (χ2v) is 13.5. The molecule has 2 unspecified atom stereocenters. The number of aromatic nitrogens is 4. The Balaban J connectivity index is 1.06. The van der Waals surface area contributed by atoms with Crippen molar-refractivity contribution < 1.29 is 12.8 Å². The first-order chi connectivity index (χ1) is 18.4. The Bertz CT molecular complexity index is 1350. The standard InChI is InChI=1S/C25H33FN8O2S2/c1-19(20-4-6-21(26)7-5-20)34-18-28-29-23(34)17-30-9-13-33(14-10-30)38(35,36)24-15-27-25(37-24)32-12-11-31-8-2-3-22(31)16-32/h4-7,15,18-19,22H,2-3,8-14,16-17H2,1H3. The molecule has 38 heavy (non-hydrogen) atoms. The Morgan fingerprint density at radius 3 is 2.66 bits per heavy atom. The lowest BCUT2D eigenvalue weighted by molar-refractivity contribution is 0.176. The molecule has 0 amide bonds. The van der Waals surface area contributed by atoms with Crippen molar-refractivity contribution in [2.45, 2.75) is 42.6 Å². The molecule has 3 aliphatic rings. The van der Waals surface area contributed by atoms with Crippen molar-refractivity contribution in [2.24, 2.45) is 0 Å². The molecule has 5 heterocycles. The Kier molecular flexibility index (Phi) is 7.20. The smallest absolute Gasteiger partial charge is 0.254 e. The number of thiazole rings is 1. The van der Waals surface area contributed by atoms with Crippen LogP contribution in [0.5, 0.6) is 0 Å². The monoisotopic (exact) mass is 560 g/mol. The third-order valence-corrected chi connectivity index (χ3v) is 11.4. The third kappa shape index (κ3) is 5.09. The lowest BCUT2D eigenvalue weighted by atomic mass is 10.1. The number of hydrogen-bond donors (Lipinski definition) is 0. The number of fused-ring (bicyclic) bond motifs is 1. The highest BCUT2D eigenvalue weighted by Crippen LogP contribution is 2.32. The van der Waals surface area contributed by atoms with Crippen LogP contribution in [0.15, 0.2) is 41.0 Å². The van der Waals surface area contributed by atoms with Crippen LogP contribution in [0.2, 0.25) is 0 Å². The van der Waals surface area contributed by atoms with Gasteiger partial charge in [0, 0.05) is 51.9 Å². The van der Waals surface area contributed by atoms with Gasteiger partial charge in [-0.3, -0.25) is 9.80 Å². The first kappa shape index (κ1) is 25.8. The predicted octanol–water partition coefficient (Wildman–Crippen LogP) is 2.27.